The first-order valence-electron chi connectivity index (χ1n) is 9.69. The molecular weight excluding hydrogens is 400 g/mol. The van der Waals surface area contributed by atoms with Gasteiger partial charge in [-0.05, 0) is 42.8 Å². The van der Waals surface area contributed by atoms with E-state index in [1.54, 1.807) is 42.2 Å². The van der Waals surface area contributed by atoms with Crippen molar-refractivity contribution in [1.82, 2.24) is 4.90 Å². The monoisotopic (exact) mass is 420 g/mol. The Labute approximate surface area is 180 Å². The van der Waals surface area contributed by atoms with Gasteiger partial charge < -0.3 is 15.0 Å². The molecule has 2 amide bonds. The molecule has 1 aliphatic heterocycles. The highest BCUT2D eigenvalue weighted by molar-refractivity contribution is 6.30. The second kappa shape index (κ2) is 8.59. The molecule has 0 fully saturated rings. The van der Waals surface area contributed by atoms with Crippen molar-refractivity contribution < 1.29 is 14.3 Å². The van der Waals surface area contributed by atoms with Crippen LogP contribution in [0.4, 0.5) is 5.69 Å². The van der Waals surface area contributed by atoms with Gasteiger partial charge >= 0.3 is 0 Å². The second-order valence-corrected chi connectivity index (χ2v) is 7.57. The molecule has 1 heterocycles. The van der Waals surface area contributed by atoms with Gasteiger partial charge in [0, 0.05) is 16.3 Å². The molecule has 30 heavy (non-hydrogen) atoms. The van der Waals surface area contributed by atoms with Crippen LogP contribution in [0.15, 0.2) is 78.9 Å². The first-order chi connectivity index (χ1) is 14.5. The summed E-state index contributed by atoms with van der Waals surface area (Å²) in [5.74, 6) is 0.0466. The predicted molar refractivity (Wildman–Crippen MR) is 117 cm³/mol. The number of hydrogen-bond donors (Lipinski definition) is 1. The van der Waals surface area contributed by atoms with Crippen LogP contribution in [-0.4, -0.2) is 29.4 Å². The highest BCUT2D eigenvalue weighted by Crippen LogP contribution is 2.37. The first kappa shape index (κ1) is 20.0. The summed E-state index contributed by atoms with van der Waals surface area (Å²) >= 11 is 6.28. The van der Waals surface area contributed by atoms with Gasteiger partial charge in [-0.15, -0.1) is 0 Å². The lowest BCUT2D eigenvalue weighted by molar-refractivity contribution is -0.142. The molecule has 3 aromatic rings. The summed E-state index contributed by atoms with van der Waals surface area (Å²) in [7, 11) is 0. The highest BCUT2D eigenvalue weighted by atomic mass is 35.5. The minimum atomic E-state index is -0.771. The molecule has 1 N–H and O–H groups in total. The quantitative estimate of drug-likeness (QED) is 0.666. The molecule has 4 rings (SSSR count). The van der Waals surface area contributed by atoms with E-state index in [1.807, 2.05) is 48.5 Å². The molecule has 1 aliphatic rings. The van der Waals surface area contributed by atoms with Gasteiger partial charge in [-0.25, -0.2) is 0 Å². The van der Waals surface area contributed by atoms with Crippen molar-refractivity contribution in [1.29, 1.82) is 0 Å². The van der Waals surface area contributed by atoms with Gasteiger partial charge in [0.15, 0.2) is 6.10 Å². The number of halogens is 1. The number of carbonyl (C=O) groups is 2. The normalized spacial score (nSPS) is 16.8. The summed E-state index contributed by atoms with van der Waals surface area (Å²) in [6.07, 6.45) is -0.771. The molecule has 0 aliphatic carbocycles. The molecule has 2 atom stereocenters. The minimum absolute atomic E-state index is 0.0901. The van der Waals surface area contributed by atoms with E-state index < -0.39 is 12.1 Å². The summed E-state index contributed by atoms with van der Waals surface area (Å²) in [6.45, 7) is 1.60. The van der Waals surface area contributed by atoms with Crippen molar-refractivity contribution >= 4 is 29.1 Å². The van der Waals surface area contributed by atoms with E-state index in [0.29, 0.717) is 16.5 Å². The zero-order chi connectivity index (χ0) is 21.1. The largest absolute Gasteiger partial charge is 0.481 e. The Bertz CT molecular complexity index is 1060. The van der Waals surface area contributed by atoms with Crippen molar-refractivity contribution in [3.05, 3.63) is 95.0 Å². The number of rotatable bonds is 4. The Hall–Kier alpha value is -3.31. The molecule has 0 aromatic heterocycles. The third-order valence-corrected chi connectivity index (χ3v) is 5.25. The molecular formula is C24H21ClN2O3. The van der Waals surface area contributed by atoms with E-state index in [-0.39, 0.29) is 18.4 Å². The highest BCUT2D eigenvalue weighted by Gasteiger charge is 2.36. The summed E-state index contributed by atoms with van der Waals surface area (Å²) in [4.78, 5) is 27.6. The SMILES string of the molecule is C[C@H](Oc1ccccc1)C(=O)N1CC(=O)Nc2ccc(Cl)cc2[C@H]1c1ccccc1. The molecule has 6 heteroatoms. The number of nitrogens with zero attached hydrogens (tertiary/aromatic N) is 1. The Balaban J connectivity index is 1.75. The van der Waals surface area contributed by atoms with Gasteiger partial charge in [0.2, 0.25) is 5.91 Å². The number of carbonyl (C=O) groups excluding carboxylic acids is 2. The lowest BCUT2D eigenvalue weighted by Gasteiger charge is -2.32. The molecule has 3 aromatic carbocycles. The number of fused-ring (bicyclic) bond motifs is 1. The number of ether oxygens (including phenoxy) is 1. The molecule has 0 saturated carbocycles. The average molecular weight is 421 g/mol. The summed E-state index contributed by atoms with van der Waals surface area (Å²) in [5, 5.41) is 3.42. The lowest BCUT2D eigenvalue weighted by Crippen LogP contribution is -2.45. The maximum atomic E-state index is 13.5. The van der Waals surface area contributed by atoms with Crippen molar-refractivity contribution in [2.24, 2.45) is 0 Å². The molecule has 5 nitrogen and oxygen atoms in total. The van der Waals surface area contributed by atoms with Crippen LogP contribution in [0.5, 0.6) is 5.75 Å². The average Bonchev–Trinajstić information content (AvgIpc) is 2.90. The van der Waals surface area contributed by atoms with Crippen LogP contribution in [-0.2, 0) is 9.59 Å². The summed E-state index contributed by atoms with van der Waals surface area (Å²) in [5.41, 5.74) is 2.29. The van der Waals surface area contributed by atoms with Crippen molar-refractivity contribution in [3.8, 4) is 5.75 Å². The molecule has 0 bridgehead atoms. The topological polar surface area (TPSA) is 58.6 Å². The Morgan fingerprint density at radius 2 is 1.73 bits per heavy atom. The van der Waals surface area contributed by atoms with Gasteiger partial charge in [-0.1, -0.05) is 60.1 Å². The van der Waals surface area contributed by atoms with Crippen molar-refractivity contribution in [2.45, 2.75) is 19.1 Å². The Morgan fingerprint density at radius 3 is 2.43 bits per heavy atom. The minimum Gasteiger partial charge on any atom is -0.481 e. The Kier molecular flexibility index (Phi) is 5.72. The van der Waals surface area contributed by atoms with Gasteiger partial charge in [-0.3, -0.25) is 9.59 Å². The van der Waals surface area contributed by atoms with Crippen molar-refractivity contribution in [2.75, 3.05) is 11.9 Å². The molecule has 152 valence electrons. The zero-order valence-electron chi connectivity index (χ0n) is 16.4. The van der Waals surface area contributed by atoms with Crippen LogP contribution in [0.3, 0.4) is 0 Å². The van der Waals surface area contributed by atoms with Gasteiger partial charge in [-0.2, -0.15) is 0 Å². The molecule has 0 unspecified atom stereocenters. The van der Waals surface area contributed by atoms with Crippen LogP contribution >= 0.6 is 11.6 Å². The third-order valence-electron chi connectivity index (χ3n) is 5.01. The van der Waals surface area contributed by atoms with E-state index in [0.717, 1.165) is 11.1 Å². The second-order valence-electron chi connectivity index (χ2n) is 7.13. The number of amides is 2. The van der Waals surface area contributed by atoms with E-state index in [1.165, 1.54) is 0 Å². The molecule has 0 radical (unpaired) electrons. The molecule has 0 saturated heterocycles. The van der Waals surface area contributed by atoms with E-state index in [9.17, 15) is 9.59 Å². The van der Waals surface area contributed by atoms with Gasteiger partial charge in [0.25, 0.3) is 5.91 Å². The number of benzene rings is 3. The predicted octanol–water partition coefficient (Wildman–Crippen LogP) is 4.68. The standard InChI is InChI=1S/C24H21ClN2O3/c1-16(30-19-10-6-3-7-11-19)24(29)27-15-22(28)26-21-13-12-18(25)14-20(21)23(27)17-8-4-2-5-9-17/h2-14,16,23H,15H2,1H3,(H,26,28)/t16-,23+/m0/s1. The van der Waals surface area contributed by atoms with Crippen LogP contribution < -0.4 is 10.1 Å². The van der Waals surface area contributed by atoms with Crippen molar-refractivity contribution in [3.63, 3.8) is 0 Å². The first-order valence-corrected chi connectivity index (χ1v) is 10.1. The van der Waals surface area contributed by atoms with Crippen LogP contribution in [0.2, 0.25) is 5.02 Å². The summed E-state index contributed by atoms with van der Waals surface area (Å²) in [6, 6.07) is 23.6. The van der Waals surface area contributed by atoms with E-state index in [4.69, 9.17) is 16.3 Å². The van der Waals surface area contributed by atoms with E-state index in [2.05, 4.69) is 5.32 Å². The van der Waals surface area contributed by atoms with Gasteiger partial charge in [0.05, 0.1) is 6.04 Å². The Morgan fingerprint density at radius 1 is 1.07 bits per heavy atom. The van der Waals surface area contributed by atoms with Crippen LogP contribution in [0.25, 0.3) is 0 Å². The number of nitrogens with one attached hydrogen (secondary N) is 1. The fourth-order valence-corrected chi connectivity index (χ4v) is 3.84. The van der Waals surface area contributed by atoms with Crippen LogP contribution in [0, 0.1) is 0 Å². The lowest BCUT2D eigenvalue weighted by atomic mass is 9.95. The summed E-state index contributed by atoms with van der Waals surface area (Å²) < 4.78 is 5.85. The fourth-order valence-electron chi connectivity index (χ4n) is 3.66. The number of hydrogen-bond acceptors (Lipinski definition) is 3. The maximum absolute atomic E-state index is 13.5. The number of para-hydroxylation sites is 1. The van der Waals surface area contributed by atoms with Gasteiger partial charge in [0.1, 0.15) is 12.3 Å². The maximum Gasteiger partial charge on any atom is 0.264 e. The van der Waals surface area contributed by atoms with Crippen LogP contribution in [0.1, 0.15) is 24.1 Å². The fraction of sp³-hybridized carbons (Fsp3) is 0.167. The smallest absolute Gasteiger partial charge is 0.264 e. The number of anilines is 1. The zero-order valence-corrected chi connectivity index (χ0v) is 17.2. The van der Waals surface area contributed by atoms with E-state index >= 15 is 0 Å². The third kappa shape index (κ3) is 4.16. The molecule has 0 spiro atoms.